The lowest BCUT2D eigenvalue weighted by Gasteiger charge is -1.98. The molecule has 38 heavy (non-hydrogen) atoms. The summed E-state index contributed by atoms with van der Waals surface area (Å²) in [7, 11) is 0. The first-order valence-corrected chi connectivity index (χ1v) is 13.8. The molecule has 0 aliphatic carbocycles. The Morgan fingerprint density at radius 3 is 0.947 bits per heavy atom. The maximum Gasteiger partial charge on any atom is 0.0794 e. The van der Waals surface area contributed by atoms with Crippen molar-refractivity contribution < 1.29 is 19.6 Å². The van der Waals surface area contributed by atoms with Crippen molar-refractivity contribution in [3.8, 4) is 0 Å². The van der Waals surface area contributed by atoms with Gasteiger partial charge in [0.25, 0.3) is 0 Å². The summed E-state index contributed by atoms with van der Waals surface area (Å²) in [5.41, 5.74) is 4.85. The van der Waals surface area contributed by atoms with Crippen LogP contribution >= 0.6 is 0 Å². The summed E-state index contributed by atoms with van der Waals surface area (Å²) in [4.78, 5) is 17.9. The highest BCUT2D eigenvalue weighted by molar-refractivity contribution is 5.74. The van der Waals surface area contributed by atoms with Gasteiger partial charge in [-0.2, -0.15) is 0 Å². The van der Waals surface area contributed by atoms with Crippen LogP contribution in [-0.4, -0.2) is 26.4 Å². The summed E-state index contributed by atoms with van der Waals surface area (Å²) in [5.74, 6) is 0. The lowest BCUT2D eigenvalue weighted by Crippen LogP contribution is -1.90. The Kier molecular flexibility index (Phi) is 29.5. The van der Waals surface area contributed by atoms with Gasteiger partial charge in [-0.15, -0.1) is 0 Å². The third-order valence-electron chi connectivity index (χ3n) is 4.08. The van der Waals surface area contributed by atoms with Crippen LogP contribution in [0.25, 0.3) is 24.3 Å². The average molecular weight is 523 g/mol. The van der Waals surface area contributed by atoms with Crippen molar-refractivity contribution in [2.24, 2.45) is 0 Å². The van der Waals surface area contributed by atoms with Gasteiger partial charge >= 0.3 is 0 Å². The summed E-state index contributed by atoms with van der Waals surface area (Å²) < 4.78 is 0. The first kappa shape index (κ1) is 37.1. The number of benzene rings is 3. The second-order valence-corrected chi connectivity index (χ2v) is 6.78. The molecule has 4 nitrogen and oxygen atoms in total. The fraction of sp³-hybridized carbons (Fsp3) is 0.353. The minimum atomic E-state index is 0.633. The maximum absolute atomic E-state index is 4.48. The van der Waals surface area contributed by atoms with E-state index in [1.807, 2.05) is 67.5 Å². The van der Waals surface area contributed by atoms with Crippen molar-refractivity contribution in [1.82, 2.24) is 0 Å². The smallest absolute Gasteiger partial charge is 0.0794 e. The molecule has 0 aliphatic heterocycles. The van der Waals surface area contributed by atoms with Crippen LogP contribution in [0.5, 0.6) is 0 Å². The zero-order valence-electron chi connectivity index (χ0n) is 24.9. The molecular weight excluding hydrogens is 472 g/mol. The van der Waals surface area contributed by atoms with E-state index in [1.165, 1.54) is 22.3 Å². The predicted octanol–water partition coefficient (Wildman–Crippen LogP) is 10.0. The van der Waals surface area contributed by atoms with E-state index in [0.29, 0.717) is 26.4 Å². The quantitative estimate of drug-likeness (QED) is 0.115. The summed E-state index contributed by atoms with van der Waals surface area (Å²) in [5, 5.41) is 0. The minimum Gasteiger partial charge on any atom is -0.237 e. The lowest BCUT2D eigenvalue weighted by molar-refractivity contribution is -0.287. The van der Waals surface area contributed by atoms with E-state index in [0.717, 1.165) is 0 Å². The molecule has 0 aliphatic rings. The van der Waals surface area contributed by atoms with E-state index in [4.69, 9.17) is 0 Å². The van der Waals surface area contributed by atoms with Gasteiger partial charge in [0.15, 0.2) is 0 Å². The molecule has 0 fully saturated rings. The van der Waals surface area contributed by atoms with Crippen LogP contribution in [0.3, 0.4) is 0 Å². The van der Waals surface area contributed by atoms with Gasteiger partial charge in [0.05, 0.1) is 26.4 Å². The van der Waals surface area contributed by atoms with E-state index in [1.54, 1.807) is 0 Å². The number of hydrogen-bond acceptors (Lipinski definition) is 4. The highest BCUT2D eigenvalue weighted by Gasteiger charge is 1.91. The predicted molar refractivity (Wildman–Crippen MR) is 166 cm³/mol. The van der Waals surface area contributed by atoms with Gasteiger partial charge in [0.1, 0.15) is 0 Å². The molecule has 0 N–H and O–H groups in total. The van der Waals surface area contributed by atoms with E-state index in [9.17, 15) is 0 Å². The summed E-state index contributed by atoms with van der Waals surface area (Å²) in [6.45, 7) is 18.1. The molecule has 0 amide bonds. The van der Waals surface area contributed by atoms with E-state index in [-0.39, 0.29) is 0 Å². The molecule has 0 bridgehead atoms. The third kappa shape index (κ3) is 22.2. The first-order chi connectivity index (χ1) is 18.7. The molecule has 0 saturated heterocycles. The van der Waals surface area contributed by atoms with E-state index < -0.39 is 0 Å². The second kappa shape index (κ2) is 30.2. The van der Waals surface area contributed by atoms with Crippen LogP contribution < -0.4 is 0 Å². The van der Waals surface area contributed by atoms with Crippen molar-refractivity contribution in [2.45, 2.75) is 55.4 Å². The van der Waals surface area contributed by atoms with Crippen LogP contribution in [0.1, 0.15) is 77.6 Å². The minimum absolute atomic E-state index is 0.633. The van der Waals surface area contributed by atoms with Crippen LogP contribution in [-0.2, 0) is 19.6 Å². The molecule has 0 unspecified atom stereocenters. The Hall–Kier alpha value is -3.02. The zero-order valence-corrected chi connectivity index (χ0v) is 24.9. The van der Waals surface area contributed by atoms with Crippen molar-refractivity contribution in [1.29, 1.82) is 0 Å². The molecule has 4 heteroatoms. The van der Waals surface area contributed by atoms with Gasteiger partial charge in [-0.1, -0.05) is 131 Å². The Bertz CT molecular complexity index is 825. The van der Waals surface area contributed by atoms with Crippen molar-refractivity contribution in [3.05, 3.63) is 107 Å². The van der Waals surface area contributed by atoms with E-state index >= 15 is 0 Å². The fourth-order valence-electron chi connectivity index (χ4n) is 2.61. The van der Waals surface area contributed by atoms with Crippen LogP contribution in [0, 0.1) is 0 Å². The molecule has 0 atom stereocenters. The molecule has 0 spiro atoms. The molecule has 210 valence electrons. The van der Waals surface area contributed by atoms with Crippen LogP contribution in [0.15, 0.2) is 84.9 Å². The normalized spacial score (nSPS) is 9.68. The molecule has 0 heterocycles. The van der Waals surface area contributed by atoms with Gasteiger partial charge in [0, 0.05) is 0 Å². The first-order valence-electron chi connectivity index (χ1n) is 13.8. The van der Waals surface area contributed by atoms with Crippen molar-refractivity contribution in [2.75, 3.05) is 26.4 Å². The van der Waals surface area contributed by atoms with Crippen LogP contribution in [0.2, 0.25) is 0 Å². The molecule has 3 rings (SSSR count). The standard InChI is InChI=1S/C22H18.2C4H10O2.2C2H6/c1-3-8-19(9-4-1)14-16-21-12-7-13-22(18-21)17-15-20-10-5-2-6-11-20;2*1-3-5-6-4-2;2*1-2/h1-18H;2*3-4H2,1-2H3;2*1-2H3/b16-14+,17-15+;;;;. The van der Waals surface area contributed by atoms with Gasteiger partial charge in [-0.25, -0.2) is 19.6 Å². The fourth-order valence-corrected chi connectivity index (χ4v) is 2.61. The lowest BCUT2D eigenvalue weighted by atomic mass is 10.1. The molecule has 0 aromatic heterocycles. The SMILES string of the molecule is C(=C\c1cccc(/C=C/c2ccccc2)c1)/c1ccccc1.CC.CC.CCOOCC.CCOOCC. The Morgan fingerprint density at radius 2 is 0.658 bits per heavy atom. The number of hydrogen-bond donors (Lipinski definition) is 0. The Balaban J connectivity index is 0. The summed E-state index contributed by atoms with van der Waals surface area (Å²) in [6.07, 6.45) is 8.57. The Labute approximate surface area is 232 Å². The molecule has 3 aromatic carbocycles. The average Bonchev–Trinajstić information content (AvgIpc) is 3.01. The number of rotatable bonds is 10. The Morgan fingerprint density at radius 1 is 0.395 bits per heavy atom. The maximum atomic E-state index is 4.48. The molecule has 0 radical (unpaired) electrons. The molecular formula is C34H50O4. The highest BCUT2D eigenvalue weighted by atomic mass is 17.2. The third-order valence-corrected chi connectivity index (χ3v) is 4.08. The van der Waals surface area contributed by atoms with Gasteiger partial charge in [-0.05, 0) is 56.0 Å². The van der Waals surface area contributed by atoms with Gasteiger partial charge in [-0.3, -0.25) is 0 Å². The topological polar surface area (TPSA) is 36.9 Å². The monoisotopic (exact) mass is 522 g/mol. The summed E-state index contributed by atoms with van der Waals surface area (Å²) in [6, 6.07) is 29.2. The van der Waals surface area contributed by atoms with E-state index in [2.05, 4.69) is 117 Å². The van der Waals surface area contributed by atoms with Crippen LogP contribution in [0.4, 0.5) is 0 Å². The van der Waals surface area contributed by atoms with Gasteiger partial charge < -0.3 is 0 Å². The molecule has 0 saturated carbocycles. The second-order valence-electron chi connectivity index (χ2n) is 6.78. The highest BCUT2D eigenvalue weighted by Crippen LogP contribution is 2.13. The van der Waals surface area contributed by atoms with Gasteiger partial charge in [0.2, 0.25) is 0 Å². The largest absolute Gasteiger partial charge is 0.237 e. The summed E-state index contributed by atoms with van der Waals surface area (Å²) >= 11 is 0. The van der Waals surface area contributed by atoms with Crippen molar-refractivity contribution >= 4 is 24.3 Å². The van der Waals surface area contributed by atoms with Crippen molar-refractivity contribution in [3.63, 3.8) is 0 Å². The molecule has 3 aromatic rings. The zero-order chi connectivity index (χ0) is 28.7.